The maximum Gasteiger partial charge on any atom is 0.249 e. The van der Waals surface area contributed by atoms with Crippen LogP contribution >= 0.6 is 11.8 Å². The first kappa shape index (κ1) is 9.74. The van der Waals surface area contributed by atoms with Crippen molar-refractivity contribution in [2.45, 2.75) is 16.2 Å². The molecule has 4 nitrogen and oxygen atoms in total. The van der Waals surface area contributed by atoms with E-state index < -0.39 is 25.5 Å². The molecule has 22 heavy (non-hydrogen) atoms. The van der Waals surface area contributed by atoms with Crippen molar-refractivity contribution >= 4 is 23.4 Å². The highest BCUT2D eigenvalue weighted by Gasteiger charge is 2.12. The molecule has 4 N–H and O–H groups in total. The van der Waals surface area contributed by atoms with Crippen LogP contribution in [-0.2, 0) is 0 Å². The molecule has 2 aromatic carbocycles. The Bertz CT molecular complexity index is 892. The number of benzene rings is 2. The first-order chi connectivity index (χ1) is 12.8. The molecule has 0 saturated heterocycles. The number of primary amides is 1. The lowest BCUT2D eigenvalue weighted by Gasteiger charge is -2.11. The Balaban J connectivity index is 2.37. The number of hydrogen-bond acceptors (Lipinski definition) is 4. The van der Waals surface area contributed by atoms with Crippen molar-refractivity contribution in [3.63, 3.8) is 0 Å². The third-order valence-corrected chi connectivity index (χ3v) is 3.79. The summed E-state index contributed by atoms with van der Waals surface area (Å²) in [5, 5.41) is 0. The van der Waals surface area contributed by atoms with E-state index in [2.05, 4.69) is 0 Å². The smallest absolute Gasteiger partial charge is 0.249 e. The Kier molecular flexibility index (Phi) is 3.41. The summed E-state index contributed by atoms with van der Waals surface area (Å²) in [6, 6.07) is 10.6. The molecule has 0 fully saturated rings. The molecule has 0 unspecified atom stereocenters. The van der Waals surface area contributed by atoms with E-state index in [1.165, 1.54) is 12.1 Å². The monoisotopic (exact) mass is 326 g/mol. The summed E-state index contributed by atoms with van der Waals surface area (Å²) in [5.74, 6) is -1.18. The predicted octanol–water partition coefficient (Wildman–Crippen LogP) is 3.26. The van der Waals surface area contributed by atoms with Crippen LogP contribution in [0.2, 0.25) is 0 Å². The minimum absolute atomic E-state index is 0.0506. The zero-order valence-corrected chi connectivity index (χ0v) is 12.1. The largest absolute Gasteiger partial charge is 0.493 e. The Labute approximate surface area is 141 Å². The summed E-state index contributed by atoms with van der Waals surface area (Å²) in [4.78, 5) is 12.8. The average Bonchev–Trinajstić information content (AvgIpc) is 2.56. The zero-order chi connectivity index (χ0) is 21.3. The van der Waals surface area contributed by atoms with Gasteiger partial charge in [0, 0.05) is 24.6 Å². The van der Waals surface area contributed by atoms with Crippen LogP contribution in [0.15, 0.2) is 52.3 Å². The van der Waals surface area contributed by atoms with Crippen molar-refractivity contribution in [3.05, 3.63) is 48.0 Å². The van der Waals surface area contributed by atoms with E-state index in [1.54, 1.807) is 24.3 Å². The molecule has 0 bridgehead atoms. The SMILES string of the molecule is [2H]C([2H])(F)C([2H])([2H])C([2H])([2H])Oc1ccc(Sc2ccccc2N)c(C(N)=O)c1. The number of carbonyl (C=O) groups is 1. The van der Waals surface area contributed by atoms with Gasteiger partial charge in [-0.2, -0.15) is 0 Å². The first-order valence-corrected chi connectivity index (χ1v) is 6.92. The highest BCUT2D eigenvalue weighted by Crippen LogP contribution is 2.35. The second-order valence-corrected chi connectivity index (χ2v) is 5.17. The Hall–Kier alpha value is -2.21. The molecule has 0 saturated carbocycles. The van der Waals surface area contributed by atoms with E-state index in [9.17, 15) is 9.18 Å². The molecule has 1 amide bonds. The third kappa shape index (κ3) is 4.14. The van der Waals surface area contributed by atoms with Gasteiger partial charge in [-0.25, -0.2) is 0 Å². The molecule has 0 radical (unpaired) electrons. The Morgan fingerprint density at radius 3 is 2.73 bits per heavy atom. The fraction of sp³-hybridized carbons (Fsp3) is 0.188. The summed E-state index contributed by atoms with van der Waals surface area (Å²) in [6.07, 6.45) is -3.63. The summed E-state index contributed by atoms with van der Waals surface area (Å²) in [6.45, 7) is -7.39. The molecule has 2 rings (SSSR count). The topological polar surface area (TPSA) is 78.3 Å². The van der Waals surface area contributed by atoms with Gasteiger partial charge < -0.3 is 16.2 Å². The fourth-order valence-electron chi connectivity index (χ4n) is 1.65. The van der Waals surface area contributed by atoms with Crippen molar-refractivity contribution in [2.75, 3.05) is 18.9 Å². The molecule has 0 heterocycles. The molecule has 6 heteroatoms. The van der Waals surface area contributed by atoms with Gasteiger partial charge in [0.1, 0.15) is 5.75 Å². The van der Waals surface area contributed by atoms with E-state index in [0.29, 0.717) is 15.5 Å². The first-order valence-electron chi connectivity index (χ1n) is 9.10. The van der Waals surface area contributed by atoms with Crippen LogP contribution in [0.25, 0.3) is 0 Å². The minimum atomic E-state index is -4.01. The van der Waals surface area contributed by atoms with Crippen molar-refractivity contribution in [1.29, 1.82) is 0 Å². The molecule has 2 aromatic rings. The van der Waals surface area contributed by atoms with E-state index >= 15 is 0 Å². The Morgan fingerprint density at radius 1 is 1.27 bits per heavy atom. The van der Waals surface area contributed by atoms with Crippen molar-refractivity contribution in [1.82, 2.24) is 0 Å². The number of para-hydroxylation sites is 1. The average molecular weight is 326 g/mol. The standard InChI is InChI=1S/C16H17FN2O2S/c17-8-3-9-21-11-6-7-14(12(10-11)16(19)20)22-15-5-2-1-4-13(15)18/h1-2,4-7,10H,3,8-9,18H2,(H2,19,20)/i3D2,8D2,9D2. The summed E-state index contributed by atoms with van der Waals surface area (Å²) < 4.78 is 62.0. The quantitative estimate of drug-likeness (QED) is 0.766. The van der Waals surface area contributed by atoms with Gasteiger partial charge in [-0.15, -0.1) is 0 Å². The summed E-state index contributed by atoms with van der Waals surface area (Å²) in [7, 11) is 0. The van der Waals surface area contributed by atoms with Gasteiger partial charge in [0.25, 0.3) is 0 Å². The molecule has 0 aromatic heterocycles. The van der Waals surface area contributed by atoms with Crippen LogP contribution in [0, 0.1) is 0 Å². The van der Waals surface area contributed by atoms with Crippen LogP contribution in [0.3, 0.4) is 0 Å². The summed E-state index contributed by atoms with van der Waals surface area (Å²) in [5.41, 5.74) is 11.7. The minimum Gasteiger partial charge on any atom is -0.493 e. The van der Waals surface area contributed by atoms with Gasteiger partial charge in [-0.05, 0) is 30.3 Å². The van der Waals surface area contributed by atoms with Crippen LogP contribution in [0.1, 0.15) is 25.0 Å². The van der Waals surface area contributed by atoms with Crippen molar-refractivity contribution in [3.8, 4) is 5.75 Å². The fourth-order valence-corrected chi connectivity index (χ4v) is 2.62. The predicted molar refractivity (Wildman–Crippen MR) is 86.0 cm³/mol. The summed E-state index contributed by atoms with van der Waals surface area (Å²) >= 11 is 1.14. The number of rotatable bonds is 7. The molecule has 0 atom stereocenters. The number of amides is 1. The van der Waals surface area contributed by atoms with E-state index in [4.69, 9.17) is 24.4 Å². The van der Waals surface area contributed by atoms with E-state index in [1.807, 2.05) is 0 Å². The van der Waals surface area contributed by atoms with Gasteiger partial charge in [-0.1, -0.05) is 23.9 Å². The van der Waals surface area contributed by atoms with Gasteiger partial charge >= 0.3 is 0 Å². The van der Waals surface area contributed by atoms with Crippen molar-refractivity contribution in [2.24, 2.45) is 5.73 Å². The van der Waals surface area contributed by atoms with E-state index in [-0.39, 0.29) is 11.3 Å². The van der Waals surface area contributed by atoms with Gasteiger partial charge in [-0.3, -0.25) is 9.18 Å². The van der Waals surface area contributed by atoms with Crippen molar-refractivity contribution < 1.29 is 22.1 Å². The molecule has 0 aliphatic heterocycles. The van der Waals surface area contributed by atoms with Crippen LogP contribution in [0.4, 0.5) is 10.1 Å². The lowest BCUT2D eigenvalue weighted by Crippen LogP contribution is -2.12. The number of halogens is 1. The van der Waals surface area contributed by atoms with E-state index in [0.717, 1.165) is 17.8 Å². The van der Waals surface area contributed by atoms with Gasteiger partial charge in [0.2, 0.25) is 5.91 Å². The molecule has 116 valence electrons. The number of ether oxygens (including phenoxy) is 1. The maximum absolute atomic E-state index is 13.5. The lowest BCUT2D eigenvalue weighted by atomic mass is 10.2. The molecule has 0 aliphatic rings. The second-order valence-electron chi connectivity index (χ2n) is 4.09. The second kappa shape index (κ2) is 7.70. The normalized spacial score (nSPS) is 16.4. The number of nitrogens with two attached hydrogens (primary N) is 2. The highest BCUT2D eigenvalue weighted by molar-refractivity contribution is 7.99. The van der Waals surface area contributed by atoms with Crippen LogP contribution < -0.4 is 16.2 Å². The van der Waals surface area contributed by atoms with Crippen LogP contribution in [-0.4, -0.2) is 19.1 Å². The number of nitrogen functional groups attached to an aromatic ring is 1. The lowest BCUT2D eigenvalue weighted by molar-refractivity contribution is 0.0997. The Morgan fingerprint density at radius 2 is 2.05 bits per heavy atom. The molecule has 0 aliphatic carbocycles. The molecule has 0 spiro atoms. The van der Waals surface area contributed by atoms with Gasteiger partial charge in [0.05, 0.1) is 24.2 Å². The van der Waals surface area contributed by atoms with Gasteiger partial charge in [0.15, 0.2) is 0 Å². The maximum atomic E-state index is 13.5. The highest BCUT2D eigenvalue weighted by atomic mass is 32.2. The zero-order valence-electron chi connectivity index (χ0n) is 17.3. The third-order valence-electron chi connectivity index (χ3n) is 2.62. The van der Waals surface area contributed by atoms with Crippen LogP contribution in [0.5, 0.6) is 5.75 Å². The number of alkyl halides is 1. The number of anilines is 1. The number of hydrogen-bond donors (Lipinski definition) is 2. The molecular formula is C16H17FN2O2S. The number of carbonyl (C=O) groups excluding carboxylic acids is 1. The molecular weight excluding hydrogens is 303 g/mol.